The molecule has 4 aliphatic carbocycles. The van der Waals surface area contributed by atoms with Crippen LogP contribution in [0.25, 0.3) is 0 Å². The second-order valence-corrected chi connectivity index (χ2v) is 10.0. The highest BCUT2D eigenvalue weighted by atomic mass is 16.3. The summed E-state index contributed by atoms with van der Waals surface area (Å²) in [7, 11) is 0. The van der Waals surface area contributed by atoms with Gasteiger partial charge in [0.15, 0.2) is 0 Å². The molecule has 0 heterocycles. The van der Waals surface area contributed by atoms with Crippen molar-refractivity contribution < 1.29 is 15.0 Å². The third-order valence-corrected chi connectivity index (χ3v) is 9.10. The summed E-state index contributed by atoms with van der Waals surface area (Å²) >= 11 is 0. The van der Waals surface area contributed by atoms with Crippen molar-refractivity contribution in [1.82, 2.24) is 0 Å². The average molecular weight is 335 g/mol. The molecule has 0 unspecified atom stereocenters. The van der Waals surface area contributed by atoms with Crippen LogP contribution >= 0.6 is 0 Å². The summed E-state index contributed by atoms with van der Waals surface area (Å²) in [6, 6.07) is 0. The van der Waals surface area contributed by atoms with Crippen LogP contribution in [0.4, 0.5) is 0 Å². The van der Waals surface area contributed by atoms with Crippen LogP contribution in [0, 0.1) is 40.4 Å². The maximum absolute atomic E-state index is 12.2. The molecule has 0 aromatic heterocycles. The van der Waals surface area contributed by atoms with Crippen LogP contribution in [0.5, 0.6) is 0 Å². The van der Waals surface area contributed by atoms with E-state index < -0.39 is 6.10 Å². The number of aliphatic hydroxyl groups is 2. The molecule has 4 saturated carbocycles. The molecule has 4 rings (SSSR count). The Labute approximate surface area is 146 Å². The molecule has 0 aromatic rings. The monoisotopic (exact) mass is 334 g/mol. The number of rotatable bonds is 1. The minimum atomic E-state index is -0.435. The van der Waals surface area contributed by atoms with E-state index in [2.05, 4.69) is 13.8 Å². The first-order valence-electron chi connectivity index (χ1n) is 10.1. The van der Waals surface area contributed by atoms with Crippen LogP contribution in [0.15, 0.2) is 0 Å². The normalized spacial score (nSPS) is 57.0. The summed E-state index contributed by atoms with van der Waals surface area (Å²) in [6.45, 7) is 6.44. The van der Waals surface area contributed by atoms with Crippen molar-refractivity contribution in [3.63, 3.8) is 0 Å². The summed E-state index contributed by atoms with van der Waals surface area (Å²) in [5.74, 6) is 2.60. The first-order valence-corrected chi connectivity index (χ1v) is 10.1. The lowest BCUT2D eigenvalue weighted by Crippen LogP contribution is -2.54. The number of aliphatic hydroxyl groups excluding tert-OH is 2. The zero-order chi connectivity index (χ0) is 17.3. The zero-order valence-electron chi connectivity index (χ0n) is 15.5. The van der Waals surface area contributed by atoms with Crippen LogP contribution < -0.4 is 0 Å². The second kappa shape index (κ2) is 5.54. The third-order valence-electron chi connectivity index (χ3n) is 9.10. The number of Topliss-reactive ketones (excluding diaryl/α,β-unsaturated/α-hetero) is 1. The van der Waals surface area contributed by atoms with Gasteiger partial charge in [-0.15, -0.1) is 0 Å². The topological polar surface area (TPSA) is 57.5 Å². The number of fused-ring (bicyclic) bond motifs is 5. The van der Waals surface area contributed by atoms with E-state index >= 15 is 0 Å². The highest BCUT2D eigenvalue weighted by molar-refractivity contribution is 5.80. The van der Waals surface area contributed by atoms with Crippen molar-refractivity contribution in [3.8, 4) is 0 Å². The molecule has 3 heteroatoms. The minimum Gasteiger partial charge on any atom is -0.393 e. The van der Waals surface area contributed by atoms with Crippen molar-refractivity contribution >= 4 is 5.78 Å². The molecule has 4 fully saturated rings. The van der Waals surface area contributed by atoms with Gasteiger partial charge in [-0.05, 0) is 92.8 Å². The Morgan fingerprint density at radius 1 is 0.917 bits per heavy atom. The molecule has 0 spiro atoms. The summed E-state index contributed by atoms with van der Waals surface area (Å²) in [4.78, 5) is 12.2. The summed E-state index contributed by atoms with van der Waals surface area (Å²) < 4.78 is 0. The van der Waals surface area contributed by atoms with Crippen LogP contribution in [0.2, 0.25) is 0 Å². The van der Waals surface area contributed by atoms with Crippen LogP contribution in [-0.2, 0) is 4.79 Å². The van der Waals surface area contributed by atoms with Gasteiger partial charge in [-0.2, -0.15) is 0 Å². The van der Waals surface area contributed by atoms with E-state index in [0.717, 1.165) is 38.0 Å². The zero-order valence-corrected chi connectivity index (χ0v) is 15.5. The maximum Gasteiger partial charge on any atom is 0.136 e. The minimum absolute atomic E-state index is 0.00376. The van der Waals surface area contributed by atoms with Gasteiger partial charge in [0.1, 0.15) is 5.78 Å². The van der Waals surface area contributed by atoms with Gasteiger partial charge in [0, 0.05) is 5.92 Å². The molecule has 9 atom stereocenters. The van der Waals surface area contributed by atoms with Crippen LogP contribution in [-0.4, -0.2) is 28.2 Å². The molecule has 24 heavy (non-hydrogen) atoms. The SMILES string of the molecule is CC(=O)[C@H]1[C@H](O)C[C@H]2[C@@H]3CC[C@H]4C[C@@H](O)CC[C@]4(C)[C@H]3CC[C@@]21C. The number of carbonyl (C=O) groups is 1. The highest BCUT2D eigenvalue weighted by Crippen LogP contribution is 2.67. The fraction of sp³-hybridized carbons (Fsp3) is 0.952. The van der Waals surface area contributed by atoms with Gasteiger partial charge in [0.2, 0.25) is 0 Å². The van der Waals surface area contributed by atoms with E-state index in [9.17, 15) is 15.0 Å². The van der Waals surface area contributed by atoms with Gasteiger partial charge in [0.05, 0.1) is 12.2 Å². The molecule has 0 bridgehead atoms. The molecular formula is C21H34O3. The lowest BCUT2D eigenvalue weighted by atomic mass is 9.44. The Hall–Kier alpha value is -0.410. The highest BCUT2D eigenvalue weighted by Gasteiger charge is 2.62. The summed E-state index contributed by atoms with van der Waals surface area (Å²) in [5, 5.41) is 20.7. The molecule has 0 aromatic carbocycles. The Morgan fingerprint density at radius 3 is 2.33 bits per heavy atom. The predicted octanol–water partition coefficient (Wildman–Crippen LogP) is 3.57. The second-order valence-electron chi connectivity index (χ2n) is 10.0. The number of hydrogen-bond acceptors (Lipinski definition) is 3. The summed E-state index contributed by atoms with van der Waals surface area (Å²) in [5.41, 5.74) is 0.368. The van der Waals surface area contributed by atoms with Crippen LogP contribution in [0.3, 0.4) is 0 Å². The first kappa shape index (κ1) is 17.0. The summed E-state index contributed by atoms with van der Waals surface area (Å²) in [6.07, 6.45) is 8.14. The molecule has 0 saturated heterocycles. The first-order chi connectivity index (χ1) is 11.3. The fourth-order valence-electron chi connectivity index (χ4n) is 7.98. The van der Waals surface area contributed by atoms with Crippen LogP contribution in [0.1, 0.15) is 72.1 Å². The lowest BCUT2D eigenvalue weighted by molar-refractivity contribution is -0.140. The van der Waals surface area contributed by atoms with Crippen molar-refractivity contribution in [3.05, 3.63) is 0 Å². The van der Waals surface area contributed by atoms with E-state index in [1.54, 1.807) is 6.92 Å². The standard InChI is InChI=1S/C21H34O3/c1-12(22)19-18(24)11-17-15-5-4-13-10-14(23)6-8-20(13,2)16(15)7-9-21(17,19)3/h13-19,23-24H,4-11H2,1-3H3/t13-,14-,15+,16-,17-,18+,19-,20-,21-/m0/s1. The number of carbonyl (C=O) groups excluding carboxylic acids is 1. The van der Waals surface area contributed by atoms with Gasteiger partial charge in [-0.1, -0.05) is 13.8 Å². The average Bonchev–Trinajstić information content (AvgIpc) is 2.78. The fourth-order valence-corrected chi connectivity index (χ4v) is 7.98. The van der Waals surface area contributed by atoms with Gasteiger partial charge in [-0.25, -0.2) is 0 Å². The van der Waals surface area contributed by atoms with Gasteiger partial charge < -0.3 is 10.2 Å². The van der Waals surface area contributed by atoms with Crippen molar-refractivity contribution in [2.75, 3.05) is 0 Å². The molecule has 2 N–H and O–H groups in total. The predicted molar refractivity (Wildman–Crippen MR) is 93.3 cm³/mol. The molecule has 0 radical (unpaired) electrons. The number of ketones is 1. The smallest absolute Gasteiger partial charge is 0.136 e. The van der Waals surface area contributed by atoms with Crippen molar-refractivity contribution in [2.24, 2.45) is 40.4 Å². The maximum atomic E-state index is 12.2. The van der Waals surface area contributed by atoms with Gasteiger partial charge >= 0.3 is 0 Å². The van der Waals surface area contributed by atoms with E-state index in [1.807, 2.05) is 0 Å². The van der Waals surface area contributed by atoms with Gasteiger partial charge in [-0.3, -0.25) is 4.79 Å². The van der Waals surface area contributed by atoms with Gasteiger partial charge in [0.25, 0.3) is 0 Å². The quantitative estimate of drug-likeness (QED) is 0.771. The lowest BCUT2D eigenvalue weighted by Gasteiger charge is -2.60. The Balaban J connectivity index is 1.64. The molecule has 0 amide bonds. The largest absolute Gasteiger partial charge is 0.393 e. The molecule has 4 aliphatic rings. The number of hydrogen-bond donors (Lipinski definition) is 2. The van der Waals surface area contributed by atoms with Crippen molar-refractivity contribution in [2.45, 2.75) is 84.3 Å². The third kappa shape index (κ3) is 2.19. The Morgan fingerprint density at radius 2 is 1.62 bits per heavy atom. The van der Waals surface area contributed by atoms with E-state index in [1.165, 1.54) is 19.3 Å². The van der Waals surface area contributed by atoms with Crippen molar-refractivity contribution in [1.29, 1.82) is 0 Å². The Bertz CT molecular complexity index is 531. The molecular weight excluding hydrogens is 300 g/mol. The van der Waals surface area contributed by atoms with E-state index in [4.69, 9.17) is 0 Å². The molecule has 3 nitrogen and oxygen atoms in total. The molecule has 136 valence electrons. The van der Waals surface area contributed by atoms with E-state index in [-0.39, 0.29) is 23.2 Å². The Kier molecular flexibility index (Phi) is 3.93. The van der Waals surface area contributed by atoms with E-state index in [0.29, 0.717) is 23.2 Å². The molecule has 0 aliphatic heterocycles.